The van der Waals surface area contributed by atoms with E-state index in [-0.39, 0.29) is 5.91 Å². The largest absolute Gasteiger partial charge is 0.497 e. The molecule has 29 heavy (non-hydrogen) atoms. The van der Waals surface area contributed by atoms with E-state index in [2.05, 4.69) is 24.0 Å². The molecule has 3 rings (SSSR count). The Morgan fingerprint density at radius 3 is 2.21 bits per heavy atom. The van der Waals surface area contributed by atoms with Gasteiger partial charge in [0.15, 0.2) is 0 Å². The maximum atomic E-state index is 12.6. The number of aryl methyl sites for hydroxylation is 1. The van der Waals surface area contributed by atoms with Gasteiger partial charge in [0.1, 0.15) is 18.1 Å². The second-order valence-electron chi connectivity index (χ2n) is 7.47. The van der Waals surface area contributed by atoms with E-state index in [1.807, 2.05) is 53.2 Å². The van der Waals surface area contributed by atoms with Gasteiger partial charge in [-0.25, -0.2) is 0 Å². The summed E-state index contributed by atoms with van der Waals surface area (Å²) in [6, 6.07) is 16.1. The zero-order valence-electron chi connectivity index (χ0n) is 17.6. The van der Waals surface area contributed by atoms with Gasteiger partial charge in [-0.3, -0.25) is 9.69 Å². The molecule has 1 aliphatic rings. The Balaban J connectivity index is 1.37. The van der Waals surface area contributed by atoms with E-state index < -0.39 is 0 Å². The first-order chi connectivity index (χ1) is 14.0. The van der Waals surface area contributed by atoms with Crippen molar-refractivity contribution in [2.24, 2.45) is 0 Å². The highest BCUT2D eigenvalue weighted by Gasteiger charge is 2.22. The first-order valence-corrected chi connectivity index (χ1v) is 10.1. The predicted octanol–water partition coefficient (Wildman–Crippen LogP) is 2.66. The highest BCUT2D eigenvalue weighted by molar-refractivity contribution is 5.78. The quantitative estimate of drug-likeness (QED) is 0.685. The Kier molecular flexibility index (Phi) is 7.36. The fraction of sp³-hybridized carbons (Fsp3) is 0.435. The van der Waals surface area contributed by atoms with E-state index in [4.69, 9.17) is 9.47 Å². The van der Waals surface area contributed by atoms with Gasteiger partial charge in [0.05, 0.1) is 13.7 Å². The zero-order chi connectivity index (χ0) is 20.6. The summed E-state index contributed by atoms with van der Waals surface area (Å²) in [5.74, 6) is 1.90. The van der Waals surface area contributed by atoms with Crippen molar-refractivity contribution < 1.29 is 14.3 Å². The van der Waals surface area contributed by atoms with Crippen LogP contribution in [0, 0.1) is 6.92 Å². The van der Waals surface area contributed by atoms with Gasteiger partial charge in [-0.2, -0.15) is 0 Å². The van der Waals surface area contributed by atoms with E-state index >= 15 is 0 Å². The lowest BCUT2D eigenvalue weighted by Crippen LogP contribution is -2.51. The molecule has 0 atom stereocenters. The van der Waals surface area contributed by atoms with Crippen molar-refractivity contribution in [2.75, 3.05) is 64.9 Å². The van der Waals surface area contributed by atoms with Crippen LogP contribution in [0.4, 0.5) is 5.69 Å². The first kappa shape index (κ1) is 21.0. The molecule has 6 heteroatoms. The summed E-state index contributed by atoms with van der Waals surface area (Å²) in [6.45, 7) is 6.94. The Morgan fingerprint density at radius 2 is 1.59 bits per heavy atom. The number of nitrogens with zero attached hydrogens (tertiary/aromatic N) is 3. The molecule has 0 radical (unpaired) electrons. The second-order valence-corrected chi connectivity index (χ2v) is 7.47. The molecule has 0 bridgehead atoms. The van der Waals surface area contributed by atoms with Gasteiger partial charge in [0.2, 0.25) is 5.91 Å². The minimum atomic E-state index is 0.178. The van der Waals surface area contributed by atoms with E-state index in [0.717, 1.165) is 37.7 Å². The van der Waals surface area contributed by atoms with Crippen LogP contribution in [-0.4, -0.2) is 75.7 Å². The number of carbonyl (C=O) groups is 1. The van der Waals surface area contributed by atoms with Crippen LogP contribution >= 0.6 is 0 Å². The molecule has 1 amide bonds. The monoisotopic (exact) mass is 397 g/mol. The van der Waals surface area contributed by atoms with Crippen molar-refractivity contribution in [3.05, 3.63) is 54.1 Å². The Morgan fingerprint density at radius 1 is 0.966 bits per heavy atom. The van der Waals surface area contributed by atoms with Crippen LogP contribution in [0.15, 0.2) is 48.5 Å². The fourth-order valence-electron chi connectivity index (χ4n) is 3.37. The molecule has 0 aromatic heterocycles. The van der Waals surface area contributed by atoms with Crippen molar-refractivity contribution in [3.8, 4) is 11.5 Å². The molecule has 0 unspecified atom stereocenters. The van der Waals surface area contributed by atoms with E-state index in [1.165, 1.54) is 11.3 Å². The number of amides is 1. The van der Waals surface area contributed by atoms with Gasteiger partial charge >= 0.3 is 0 Å². The highest BCUT2D eigenvalue weighted by atomic mass is 16.5. The lowest BCUT2D eigenvalue weighted by Gasteiger charge is -2.36. The molecule has 6 nitrogen and oxygen atoms in total. The van der Waals surface area contributed by atoms with Crippen molar-refractivity contribution in [3.63, 3.8) is 0 Å². The zero-order valence-corrected chi connectivity index (χ0v) is 17.6. The highest BCUT2D eigenvalue weighted by Crippen LogP contribution is 2.20. The molecule has 1 saturated heterocycles. The molecule has 2 aromatic carbocycles. The summed E-state index contributed by atoms with van der Waals surface area (Å²) in [4.78, 5) is 18.9. The number of benzene rings is 2. The lowest BCUT2D eigenvalue weighted by atomic mass is 10.2. The number of piperazine rings is 1. The number of rotatable bonds is 8. The van der Waals surface area contributed by atoms with E-state index in [1.54, 1.807) is 7.11 Å². The normalized spacial score (nSPS) is 14.2. The Bertz CT molecular complexity index is 769. The van der Waals surface area contributed by atoms with Crippen LogP contribution in [0.5, 0.6) is 11.5 Å². The van der Waals surface area contributed by atoms with Crippen molar-refractivity contribution in [1.82, 2.24) is 9.80 Å². The summed E-state index contributed by atoms with van der Waals surface area (Å²) >= 11 is 0. The molecule has 156 valence electrons. The van der Waals surface area contributed by atoms with Gasteiger partial charge in [-0.15, -0.1) is 0 Å². The van der Waals surface area contributed by atoms with Crippen molar-refractivity contribution in [1.29, 1.82) is 0 Å². The SMILES string of the molecule is COc1ccc(N2CCN(C(=O)CN(C)CCOc3ccc(C)cc3)CC2)cc1. The number of hydrogen-bond donors (Lipinski definition) is 0. The summed E-state index contributed by atoms with van der Waals surface area (Å²) in [6.07, 6.45) is 0. The number of ether oxygens (including phenoxy) is 2. The minimum absolute atomic E-state index is 0.178. The standard InChI is InChI=1S/C23H31N3O3/c1-19-4-8-22(9-5-19)29-17-16-24(2)18-23(27)26-14-12-25(13-15-26)20-6-10-21(28-3)11-7-20/h4-11H,12-18H2,1-3H3. The van der Waals surface area contributed by atoms with Gasteiger partial charge in [0, 0.05) is 38.4 Å². The van der Waals surface area contributed by atoms with Crippen LogP contribution in [0.3, 0.4) is 0 Å². The molecule has 0 aliphatic carbocycles. The molecule has 1 fully saturated rings. The topological polar surface area (TPSA) is 45.2 Å². The average Bonchev–Trinajstić information content (AvgIpc) is 2.75. The average molecular weight is 398 g/mol. The van der Waals surface area contributed by atoms with Crippen LogP contribution in [0.1, 0.15) is 5.56 Å². The predicted molar refractivity (Wildman–Crippen MR) is 116 cm³/mol. The Hall–Kier alpha value is -2.73. The lowest BCUT2D eigenvalue weighted by molar-refractivity contribution is -0.132. The third-order valence-electron chi connectivity index (χ3n) is 5.24. The number of likely N-dealkylation sites (N-methyl/N-ethyl adjacent to an activating group) is 1. The van der Waals surface area contributed by atoms with Crippen molar-refractivity contribution >= 4 is 11.6 Å². The maximum Gasteiger partial charge on any atom is 0.236 e. The third kappa shape index (κ3) is 6.12. The molecular weight excluding hydrogens is 366 g/mol. The van der Waals surface area contributed by atoms with E-state index in [9.17, 15) is 4.79 Å². The smallest absolute Gasteiger partial charge is 0.236 e. The van der Waals surface area contributed by atoms with Crippen LogP contribution < -0.4 is 14.4 Å². The van der Waals surface area contributed by atoms with Crippen LogP contribution in [0.25, 0.3) is 0 Å². The number of anilines is 1. The summed E-state index contributed by atoms with van der Waals surface area (Å²) in [5.41, 5.74) is 2.38. The summed E-state index contributed by atoms with van der Waals surface area (Å²) < 4.78 is 11.0. The molecule has 2 aromatic rings. The van der Waals surface area contributed by atoms with Crippen LogP contribution in [0.2, 0.25) is 0 Å². The molecule has 1 heterocycles. The number of carbonyl (C=O) groups excluding carboxylic acids is 1. The van der Waals surface area contributed by atoms with Gasteiger partial charge in [-0.1, -0.05) is 17.7 Å². The number of hydrogen-bond acceptors (Lipinski definition) is 5. The van der Waals surface area contributed by atoms with Gasteiger partial charge < -0.3 is 19.3 Å². The maximum absolute atomic E-state index is 12.6. The molecule has 0 N–H and O–H groups in total. The Labute approximate surface area is 173 Å². The van der Waals surface area contributed by atoms with E-state index in [0.29, 0.717) is 19.7 Å². The van der Waals surface area contributed by atoms with Crippen molar-refractivity contribution in [2.45, 2.75) is 6.92 Å². The molecule has 1 aliphatic heterocycles. The van der Waals surface area contributed by atoms with Crippen LogP contribution in [-0.2, 0) is 4.79 Å². The number of methoxy groups -OCH3 is 1. The summed E-state index contributed by atoms with van der Waals surface area (Å²) in [5, 5.41) is 0. The second kappa shape index (κ2) is 10.2. The fourth-order valence-corrected chi connectivity index (χ4v) is 3.37. The third-order valence-corrected chi connectivity index (χ3v) is 5.24. The minimum Gasteiger partial charge on any atom is -0.497 e. The van der Waals surface area contributed by atoms with Gasteiger partial charge in [-0.05, 0) is 50.4 Å². The molecule has 0 spiro atoms. The molecular formula is C23H31N3O3. The summed E-state index contributed by atoms with van der Waals surface area (Å²) in [7, 11) is 3.63. The van der Waals surface area contributed by atoms with Gasteiger partial charge in [0.25, 0.3) is 0 Å². The first-order valence-electron chi connectivity index (χ1n) is 10.1. The molecule has 0 saturated carbocycles.